The Labute approximate surface area is 218 Å². The van der Waals surface area contributed by atoms with Crippen LogP contribution in [0.5, 0.6) is 0 Å². The number of morpholine rings is 1. The molecular weight excluding hydrogens is 499 g/mol. The summed E-state index contributed by atoms with van der Waals surface area (Å²) in [6, 6.07) is 8.50. The number of ether oxygens (including phenoxy) is 1. The maximum Gasteiger partial charge on any atom is 0.291 e. The Kier molecular flexibility index (Phi) is 7.73. The third-order valence-corrected chi connectivity index (χ3v) is 6.69. The van der Waals surface area contributed by atoms with Gasteiger partial charge in [-0.15, -0.1) is 0 Å². The summed E-state index contributed by atoms with van der Waals surface area (Å²) in [5.41, 5.74) is 3.62. The number of benzene rings is 1. The molecule has 1 aromatic carbocycles. The van der Waals surface area contributed by atoms with Crippen molar-refractivity contribution in [2.24, 2.45) is 4.99 Å². The van der Waals surface area contributed by atoms with Gasteiger partial charge < -0.3 is 14.5 Å². The second kappa shape index (κ2) is 11.3. The van der Waals surface area contributed by atoms with Crippen molar-refractivity contribution in [1.82, 2.24) is 9.88 Å². The molecule has 0 atom stereocenters. The van der Waals surface area contributed by atoms with Crippen LogP contribution < -0.4 is 5.32 Å². The molecule has 2 aromatic heterocycles. The topological polar surface area (TPSA) is 97.0 Å². The van der Waals surface area contributed by atoms with E-state index in [9.17, 15) is 14.0 Å². The van der Waals surface area contributed by atoms with E-state index in [-0.39, 0.29) is 11.5 Å². The summed E-state index contributed by atoms with van der Waals surface area (Å²) >= 11 is 6.44. The molecule has 4 heterocycles. The van der Waals surface area contributed by atoms with Gasteiger partial charge in [-0.05, 0) is 48.9 Å². The number of carbonyl (C=O) groups excluding carboxylic acids is 2. The maximum atomic E-state index is 13.1. The van der Waals surface area contributed by atoms with E-state index >= 15 is 0 Å². The van der Waals surface area contributed by atoms with Gasteiger partial charge in [0.1, 0.15) is 5.78 Å². The molecule has 8 nitrogen and oxygen atoms in total. The van der Waals surface area contributed by atoms with Crippen LogP contribution in [0.3, 0.4) is 0 Å². The van der Waals surface area contributed by atoms with Crippen molar-refractivity contribution in [3.63, 3.8) is 0 Å². The van der Waals surface area contributed by atoms with Crippen molar-refractivity contribution in [2.75, 3.05) is 38.2 Å². The molecule has 10 heteroatoms. The summed E-state index contributed by atoms with van der Waals surface area (Å²) in [7, 11) is 0. The molecule has 192 valence electrons. The van der Waals surface area contributed by atoms with Crippen LogP contribution in [-0.4, -0.2) is 60.1 Å². The first kappa shape index (κ1) is 25.3. The zero-order chi connectivity index (χ0) is 25.8. The highest BCUT2D eigenvalue weighted by molar-refractivity contribution is 6.34. The van der Waals surface area contributed by atoms with Crippen LogP contribution in [0.4, 0.5) is 15.9 Å². The highest BCUT2D eigenvalue weighted by Crippen LogP contribution is 2.31. The first-order valence-corrected chi connectivity index (χ1v) is 12.6. The Bertz CT molecular complexity index is 1350. The van der Waals surface area contributed by atoms with Crippen LogP contribution in [0.1, 0.15) is 40.1 Å². The molecule has 0 aliphatic carbocycles. The number of furan rings is 1. The van der Waals surface area contributed by atoms with E-state index in [0.717, 1.165) is 56.5 Å². The quantitative estimate of drug-likeness (QED) is 0.439. The average molecular weight is 525 g/mol. The number of amides is 1. The van der Waals surface area contributed by atoms with E-state index in [2.05, 4.69) is 20.2 Å². The lowest BCUT2D eigenvalue weighted by atomic mass is 10.0. The Morgan fingerprint density at radius 1 is 1.14 bits per heavy atom. The number of hydrogen-bond acceptors (Lipinski definition) is 7. The molecule has 1 fully saturated rings. The molecule has 3 aromatic rings. The highest BCUT2D eigenvalue weighted by atomic mass is 35.5. The van der Waals surface area contributed by atoms with Gasteiger partial charge in [0.15, 0.2) is 11.6 Å². The summed E-state index contributed by atoms with van der Waals surface area (Å²) < 4.78 is 23.2. The van der Waals surface area contributed by atoms with Crippen molar-refractivity contribution in [3.05, 3.63) is 76.1 Å². The van der Waals surface area contributed by atoms with Gasteiger partial charge in [-0.1, -0.05) is 11.6 Å². The zero-order valence-corrected chi connectivity index (χ0v) is 20.9. The lowest BCUT2D eigenvalue weighted by Crippen LogP contribution is -2.37. The van der Waals surface area contributed by atoms with Crippen molar-refractivity contribution >= 4 is 40.5 Å². The lowest BCUT2D eigenvalue weighted by Gasteiger charge is -2.26. The minimum absolute atomic E-state index is 0.132. The van der Waals surface area contributed by atoms with Gasteiger partial charge in [0.2, 0.25) is 0 Å². The molecule has 1 N–H and O–H groups in total. The van der Waals surface area contributed by atoms with Gasteiger partial charge in [-0.2, -0.15) is 4.39 Å². The van der Waals surface area contributed by atoms with Crippen LogP contribution in [0.25, 0.3) is 0 Å². The van der Waals surface area contributed by atoms with E-state index in [4.69, 9.17) is 20.8 Å². The number of rotatable bonds is 9. The molecule has 2 aliphatic heterocycles. The average Bonchev–Trinajstić information content (AvgIpc) is 3.52. The van der Waals surface area contributed by atoms with E-state index in [0.29, 0.717) is 47.1 Å². The smallest absolute Gasteiger partial charge is 0.291 e. The fourth-order valence-corrected chi connectivity index (χ4v) is 4.70. The number of fused-ring (bicyclic) bond motifs is 1. The van der Waals surface area contributed by atoms with E-state index in [1.54, 1.807) is 24.4 Å². The van der Waals surface area contributed by atoms with Crippen molar-refractivity contribution in [3.8, 4) is 0 Å². The number of aromatic nitrogens is 1. The summed E-state index contributed by atoms with van der Waals surface area (Å²) in [4.78, 5) is 36.3. The number of aliphatic imine (C=N–C) groups is 1. The molecule has 0 spiro atoms. The maximum absolute atomic E-state index is 13.1. The number of anilines is 1. The molecule has 0 radical (unpaired) electrons. The van der Waals surface area contributed by atoms with Crippen molar-refractivity contribution in [2.45, 2.75) is 25.7 Å². The highest BCUT2D eigenvalue weighted by Gasteiger charge is 2.21. The predicted molar refractivity (Wildman–Crippen MR) is 137 cm³/mol. The molecule has 1 saturated heterocycles. The molecule has 0 bridgehead atoms. The lowest BCUT2D eigenvalue weighted by molar-refractivity contribution is -0.118. The normalized spacial score (nSPS) is 15.4. The third kappa shape index (κ3) is 6.30. The number of carbonyl (C=O) groups is 2. The van der Waals surface area contributed by atoms with Crippen molar-refractivity contribution < 1.29 is 23.1 Å². The van der Waals surface area contributed by atoms with Gasteiger partial charge in [0.25, 0.3) is 11.9 Å². The molecule has 5 rings (SSSR count). The number of ketones is 1. The fourth-order valence-electron chi connectivity index (χ4n) is 4.48. The van der Waals surface area contributed by atoms with Gasteiger partial charge in [-0.3, -0.25) is 14.5 Å². The second-order valence-electron chi connectivity index (χ2n) is 9.09. The summed E-state index contributed by atoms with van der Waals surface area (Å²) in [5.74, 6) is 0.0777. The third-order valence-electron chi connectivity index (χ3n) is 6.37. The Morgan fingerprint density at radius 3 is 2.76 bits per heavy atom. The molecule has 0 saturated carbocycles. The standard InChI is InChI=1S/C27H26ClFN4O4/c28-22-4-3-19(31-27(35)24-5-6-25(29)37-24)15-21(22)23-14-18-12-17(16-30-26(18)32-23)13-20(34)2-1-7-33-8-10-36-11-9-33/h3-6,12,15-16H,1-2,7-11,13-14H2,(H,31,35). The van der Waals surface area contributed by atoms with Crippen LogP contribution in [-0.2, 0) is 22.4 Å². The Morgan fingerprint density at radius 2 is 1.97 bits per heavy atom. The molecular formula is C27H26ClFN4O4. The molecule has 1 amide bonds. The largest absolute Gasteiger partial charge is 0.426 e. The number of hydrogen-bond donors (Lipinski definition) is 1. The summed E-state index contributed by atoms with van der Waals surface area (Å²) in [5, 5.41) is 3.15. The summed E-state index contributed by atoms with van der Waals surface area (Å²) in [6.07, 6.45) is 3.92. The van der Waals surface area contributed by atoms with Crippen LogP contribution in [0.2, 0.25) is 5.02 Å². The molecule has 37 heavy (non-hydrogen) atoms. The van der Waals surface area contributed by atoms with Gasteiger partial charge in [0.05, 0.1) is 18.9 Å². The Hall–Kier alpha value is -3.40. The molecule has 0 unspecified atom stereocenters. The number of pyridine rings is 1. The monoisotopic (exact) mass is 524 g/mol. The van der Waals surface area contributed by atoms with E-state index in [1.807, 2.05) is 6.07 Å². The fraction of sp³-hybridized carbons (Fsp3) is 0.333. The van der Waals surface area contributed by atoms with Crippen LogP contribution >= 0.6 is 11.6 Å². The number of nitrogens with one attached hydrogen (secondary N) is 1. The minimum atomic E-state index is -0.832. The first-order chi connectivity index (χ1) is 17.9. The minimum Gasteiger partial charge on any atom is -0.426 e. The number of halogens is 2. The summed E-state index contributed by atoms with van der Waals surface area (Å²) in [6.45, 7) is 4.28. The molecule has 2 aliphatic rings. The van der Waals surface area contributed by atoms with Crippen LogP contribution in [0.15, 0.2) is 52.0 Å². The van der Waals surface area contributed by atoms with Gasteiger partial charge in [-0.25, -0.2) is 9.98 Å². The number of nitrogens with zero attached hydrogens (tertiary/aromatic N) is 3. The van der Waals surface area contributed by atoms with E-state index in [1.165, 1.54) is 6.07 Å². The first-order valence-electron chi connectivity index (χ1n) is 12.2. The van der Waals surface area contributed by atoms with Crippen molar-refractivity contribution in [1.29, 1.82) is 0 Å². The predicted octanol–water partition coefficient (Wildman–Crippen LogP) is 4.62. The zero-order valence-electron chi connectivity index (χ0n) is 20.1. The number of Topliss-reactive ketones (excluding diaryl/α,β-unsaturated/α-hetero) is 1. The van der Waals surface area contributed by atoms with E-state index < -0.39 is 11.9 Å². The second-order valence-corrected chi connectivity index (χ2v) is 9.49. The van der Waals surface area contributed by atoms with Gasteiger partial charge in [0, 0.05) is 66.5 Å². The van der Waals surface area contributed by atoms with Gasteiger partial charge >= 0.3 is 0 Å². The SMILES string of the molecule is O=C(CCCN1CCOCC1)Cc1cnc2c(c1)CC(c1cc(NC(=O)c3ccc(F)o3)ccc1Cl)=N2. The Balaban J connectivity index is 1.19. The van der Waals surface area contributed by atoms with Crippen LogP contribution in [0, 0.1) is 6.01 Å².